The van der Waals surface area contributed by atoms with Crippen molar-refractivity contribution in [3.05, 3.63) is 83.1 Å². The summed E-state index contributed by atoms with van der Waals surface area (Å²) in [5.41, 5.74) is 7.62. The number of aromatic nitrogens is 4. The first-order valence-electron chi connectivity index (χ1n) is 14.5. The zero-order valence-corrected chi connectivity index (χ0v) is 24.9. The lowest BCUT2D eigenvalue weighted by Gasteiger charge is -2.38. The van der Waals surface area contributed by atoms with E-state index in [1.54, 1.807) is 35.2 Å². The fourth-order valence-electron chi connectivity index (χ4n) is 6.98. The van der Waals surface area contributed by atoms with Crippen LogP contribution in [0.25, 0.3) is 16.8 Å². The van der Waals surface area contributed by atoms with Crippen molar-refractivity contribution in [3.8, 4) is 11.3 Å². The number of halogens is 2. The van der Waals surface area contributed by atoms with Crippen LogP contribution in [0.4, 0.5) is 8.78 Å². The van der Waals surface area contributed by atoms with Crippen LogP contribution < -0.4 is 5.73 Å². The third kappa shape index (κ3) is 5.68. The quantitative estimate of drug-likeness (QED) is 0.336. The number of imidazole rings is 1. The number of hydrogen-bond acceptors (Lipinski definition) is 8. The van der Waals surface area contributed by atoms with Gasteiger partial charge in [0.25, 0.3) is 0 Å². The molecular weight excluding hydrogens is 576 g/mol. The largest absolute Gasteiger partial charge is 0.385 e. The molecule has 4 heterocycles. The molecule has 12 heteroatoms. The molecule has 0 radical (unpaired) electrons. The molecule has 0 spiro atoms. The molecule has 6 rings (SSSR count). The number of nitrogens with two attached hydrogens (primary N) is 1. The Bertz CT molecular complexity index is 1740. The average Bonchev–Trinajstić information content (AvgIpc) is 3.34. The molecule has 1 aliphatic carbocycles. The second kappa shape index (κ2) is 11.3. The van der Waals surface area contributed by atoms with Crippen molar-refractivity contribution in [1.82, 2.24) is 19.6 Å². The molecule has 0 amide bonds. The number of fused-ring (bicyclic) bond motifs is 1. The van der Waals surface area contributed by atoms with Crippen LogP contribution >= 0.6 is 0 Å². The summed E-state index contributed by atoms with van der Waals surface area (Å²) < 4.78 is 62.4. The van der Waals surface area contributed by atoms with Crippen molar-refractivity contribution >= 4 is 15.4 Å². The third-order valence-electron chi connectivity index (χ3n) is 9.03. The van der Waals surface area contributed by atoms with Gasteiger partial charge < -0.3 is 15.6 Å². The molecule has 1 aromatic carbocycles. The maximum atomic E-state index is 15.4. The van der Waals surface area contributed by atoms with Crippen LogP contribution in [0, 0.1) is 17.6 Å². The Morgan fingerprint density at radius 1 is 1.12 bits per heavy atom. The molecule has 4 aromatic rings. The molecule has 2 aliphatic rings. The molecule has 9 nitrogen and oxygen atoms in total. The fourth-order valence-corrected chi connectivity index (χ4v) is 8.68. The van der Waals surface area contributed by atoms with Gasteiger partial charge in [-0.3, -0.25) is 4.98 Å². The summed E-state index contributed by atoms with van der Waals surface area (Å²) in [6, 6.07) is 7.06. The van der Waals surface area contributed by atoms with Gasteiger partial charge in [-0.1, -0.05) is 6.92 Å². The fraction of sp³-hybridized carbons (Fsp3) is 0.452. The number of sulfone groups is 1. The SMILES string of the molecule is C[C@H]1C[C@@H](c2ccncc2Cc2ncc3ccc(-c4c(F)cc(C5(O)CCOCC5)cc4F)nn23)C[C@@H](N)[C@H]1S(C)(=O)=O. The molecule has 3 aromatic heterocycles. The Kier molecular flexibility index (Phi) is 7.82. The van der Waals surface area contributed by atoms with Gasteiger partial charge in [0, 0.05) is 57.2 Å². The number of ether oxygens (including phenoxy) is 1. The van der Waals surface area contributed by atoms with E-state index in [-0.39, 0.29) is 41.5 Å². The number of pyridine rings is 1. The van der Waals surface area contributed by atoms with E-state index in [4.69, 9.17) is 10.5 Å². The summed E-state index contributed by atoms with van der Waals surface area (Å²) in [6.07, 6.45) is 8.43. The van der Waals surface area contributed by atoms with E-state index in [2.05, 4.69) is 15.1 Å². The predicted molar refractivity (Wildman–Crippen MR) is 157 cm³/mol. The second-order valence-corrected chi connectivity index (χ2v) is 14.2. The molecule has 3 N–H and O–H groups in total. The van der Waals surface area contributed by atoms with Gasteiger partial charge in [0.15, 0.2) is 9.84 Å². The zero-order chi connectivity index (χ0) is 30.5. The molecule has 1 saturated carbocycles. The van der Waals surface area contributed by atoms with Gasteiger partial charge in [0.2, 0.25) is 0 Å². The van der Waals surface area contributed by atoms with Gasteiger partial charge in [0.05, 0.1) is 33.8 Å². The van der Waals surface area contributed by atoms with Crippen LogP contribution in [0.5, 0.6) is 0 Å². The lowest BCUT2D eigenvalue weighted by molar-refractivity contribution is -0.0682. The van der Waals surface area contributed by atoms with Crippen molar-refractivity contribution in [1.29, 1.82) is 0 Å². The third-order valence-corrected chi connectivity index (χ3v) is 10.8. The second-order valence-electron chi connectivity index (χ2n) is 12.0. The first-order valence-corrected chi connectivity index (χ1v) is 16.4. The summed E-state index contributed by atoms with van der Waals surface area (Å²) in [6.45, 7) is 2.56. The Hall–Kier alpha value is -3.32. The summed E-state index contributed by atoms with van der Waals surface area (Å²) in [5.74, 6) is -1.13. The van der Waals surface area contributed by atoms with E-state index in [1.807, 2.05) is 13.0 Å². The smallest absolute Gasteiger partial charge is 0.152 e. The minimum absolute atomic E-state index is 0.0444. The van der Waals surface area contributed by atoms with Crippen molar-refractivity contribution in [2.45, 2.75) is 61.8 Å². The average molecular weight is 612 g/mol. The molecule has 1 saturated heterocycles. The highest BCUT2D eigenvalue weighted by Gasteiger charge is 2.40. The van der Waals surface area contributed by atoms with Gasteiger partial charge in [-0.25, -0.2) is 26.7 Å². The molecular formula is C31H35F2N5O4S. The lowest BCUT2D eigenvalue weighted by atomic mass is 9.75. The number of rotatable bonds is 6. The highest BCUT2D eigenvalue weighted by molar-refractivity contribution is 7.91. The van der Waals surface area contributed by atoms with E-state index >= 15 is 8.78 Å². The first-order chi connectivity index (χ1) is 20.4. The van der Waals surface area contributed by atoms with Crippen molar-refractivity contribution < 1.29 is 27.0 Å². The summed E-state index contributed by atoms with van der Waals surface area (Å²) in [7, 11) is -3.28. The Morgan fingerprint density at radius 3 is 2.51 bits per heavy atom. The van der Waals surface area contributed by atoms with Gasteiger partial charge >= 0.3 is 0 Å². The topological polar surface area (TPSA) is 133 Å². The minimum atomic E-state index is -3.28. The molecule has 1 aliphatic heterocycles. The van der Waals surface area contributed by atoms with E-state index in [9.17, 15) is 13.5 Å². The van der Waals surface area contributed by atoms with E-state index in [0.29, 0.717) is 43.8 Å². The van der Waals surface area contributed by atoms with E-state index < -0.39 is 38.4 Å². The van der Waals surface area contributed by atoms with Gasteiger partial charge in [-0.05, 0) is 71.7 Å². The molecule has 0 bridgehead atoms. The standard InChI is InChI=1S/C31H35F2N5O4S/c1-18-11-19(12-26(34)30(18)43(2,40)41)23-5-8-35-16-20(23)13-28-36-17-22-3-4-27(37-38(22)28)29-24(32)14-21(15-25(29)33)31(39)6-9-42-10-7-31/h3-5,8,14-19,26,30,39H,6-7,9-13,34H2,1-2H3/t18-,19+,26+,30-/m0/s1. The maximum absolute atomic E-state index is 15.4. The predicted octanol–water partition coefficient (Wildman–Crippen LogP) is 3.91. The van der Waals surface area contributed by atoms with Crippen molar-refractivity contribution in [2.24, 2.45) is 11.7 Å². The van der Waals surface area contributed by atoms with Gasteiger partial charge in [-0.15, -0.1) is 0 Å². The normalized spacial score (nSPS) is 24.3. The van der Waals surface area contributed by atoms with Crippen LogP contribution in [-0.4, -0.2) is 63.9 Å². The van der Waals surface area contributed by atoms with Crippen molar-refractivity contribution in [3.63, 3.8) is 0 Å². The van der Waals surface area contributed by atoms with Gasteiger partial charge in [0.1, 0.15) is 17.5 Å². The molecule has 0 unspecified atom stereocenters. The minimum Gasteiger partial charge on any atom is -0.385 e. The Morgan fingerprint density at radius 2 is 1.84 bits per heavy atom. The lowest BCUT2D eigenvalue weighted by Crippen LogP contribution is -2.48. The number of aliphatic hydroxyl groups is 1. The van der Waals surface area contributed by atoms with Crippen LogP contribution in [-0.2, 0) is 26.6 Å². The van der Waals surface area contributed by atoms with E-state index in [1.165, 1.54) is 18.4 Å². The summed E-state index contributed by atoms with van der Waals surface area (Å²) in [4.78, 5) is 8.87. The summed E-state index contributed by atoms with van der Waals surface area (Å²) in [5, 5.41) is 14.9. The van der Waals surface area contributed by atoms with Gasteiger partial charge in [-0.2, -0.15) is 5.10 Å². The van der Waals surface area contributed by atoms with E-state index in [0.717, 1.165) is 11.1 Å². The number of nitrogens with zero attached hydrogens (tertiary/aromatic N) is 4. The Balaban J connectivity index is 1.31. The maximum Gasteiger partial charge on any atom is 0.152 e. The zero-order valence-electron chi connectivity index (χ0n) is 24.1. The summed E-state index contributed by atoms with van der Waals surface area (Å²) >= 11 is 0. The number of benzene rings is 1. The highest BCUT2D eigenvalue weighted by Crippen LogP contribution is 2.40. The highest BCUT2D eigenvalue weighted by atomic mass is 32.2. The molecule has 4 atom stereocenters. The van der Waals surface area contributed by atoms with Crippen molar-refractivity contribution in [2.75, 3.05) is 19.5 Å². The monoisotopic (exact) mass is 611 g/mol. The molecule has 228 valence electrons. The Labute approximate surface area is 249 Å². The number of hydrogen-bond donors (Lipinski definition) is 2. The van der Waals surface area contributed by atoms with Crippen LogP contribution in [0.15, 0.2) is 48.9 Å². The van der Waals surface area contributed by atoms with Crippen LogP contribution in [0.3, 0.4) is 0 Å². The molecule has 2 fully saturated rings. The first kappa shape index (κ1) is 29.7. The van der Waals surface area contributed by atoms with Crippen LogP contribution in [0.1, 0.15) is 61.0 Å². The van der Waals surface area contributed by atoms with Crippen LogP contribution in [0.2, 0.25) is 0 Å². The molecule has 43 heavy (non-hydrogen) atoms.